The molecule has 0 saturated carbocycles. The van der Waals surface area contributed by atoms with Crippen LogP contribution < -0.4 is 10.1 Å². The molecule has 0 aliphatic carbocycles. The van der Waals surface area contributed by atoms with Gasteiger partial charge in [0.05, 0.1) is 17.6 Å². The fourth-order valence-electron chi connectivity index (χ4n) is 2.02. The Morgan fingerprint density at radius 2 is 1.96 bits per heavy atom. The van der Waals surface area contributed by atoms with Crippen molar-refractivity contribution in [2.24, 2.45) is 0 Å². The van der Waals surface area contributed by atoms with E-state index in [-0.39, 0.29) is 17.9 Å². The Labute approximate surface area is 129 Å². The number of alkyl halides is 3. The van der Waals surface area contributed by atoms with Gasteiger partial charge >= 0.3 is 6.18 Å². The Kier molecular flexibility index (Phi) is 4.73. The zero-order valence-electron chi connectivity index (χ0n) is 12.1. The molecule has 0 heterocycles. The normalized spacial score (nSPS) is 11.1. The second-order valence-corrected chi connectivity index (χ2v) is 4.69. The van der Waals surface area contributed by atoms with E-state index < -0.39 is 16.7 Å². The molecule has 0 spiro atoms. The molecular formula is C15H13F3N2O3. The van der Waals surface area contributed by atoms with E-state index >= 15 is 0 Å². The quantitative estimate of drug-likeness (QED) is 0.659. The highest BCUT2D eigenvalue weighted by Gasteiger charge is 2.30. The maximum absolute atomic E-state index is 12.7. The minimum Gasteiger partial charge on any atom is -0.496 e. The van der Waals surface area contributed by atoms with Crippen LogP contribution in [0.4, 0.5) is 24.5 Å². The van der Waals surface area contributed by atoms with Crippen molar-refractivity contribution in [2.45, 2.75) is 12.7 Å². The topological polar surface area (TPSA) is 64.4 Å². The average Bonchev–Trinajstić information content (AvgIpc) is 2.52. The molecule has 0 aromatic heterocycles. The molecular weight excluding hydrogens is 313 g/mol. The number of rotatable bonds is 5. The summed E-state index contributed by atoms with van der Waals surface area (Å²) in [6.07, 6.45) is -4.43. The Hall–Kier alpha value is -2.77. The molecule has 0 fully saturated rings. The number of halogens is 3. The van der Waals surface area contributed by atoms with Crippen LogP contribution in [0.15, 0.2) is 42.5 Å². The summed E-state index contributed by atoms with van der Waals surface area (Å²) in [7, 11) is 1.41. The summed E-state index contributed by atoms with van der Waals surface area (Å²) in [5, 5.41) is 13.6. The first-order valence-corrected chi connectivity index (χ1v) is 6.53. The largest absolute Gasteiger partial charge is 0.496 e. The molecule has 0 atom stereocenters. The predicted molar refractivity (Wildman–Crippen MR) is 78.4 cm³/mol. The highest BCUT2D eigenvalue weighted by atomic mass is 19.4. The highest BCUT2D eigenvalue weighted by molar-refractivity contribution is 5.50. The number of nitrogens with zero attached hydrogens (tertiary/aromatic N) is 1. The van der Waals surface area contributed by atoms with Crippen LogP contribution in [-0.2, 0) is 12.7 Å². The van der Waals surface area contributed by atoms with Crippen LogP contribution in [0.2, 0.25) is 0 Å². The smallest absolute Gasteiger partial charge is 0.416 e. The highest BCUT2D eigenvalue weighted by Crippen LogP contribution is 2.31. The average molecular weight is 326 g/mol. The Morgan fingerprint density at radius 3 is 2.57 bits per heavy atom. The molecule has 0 radical (unpaired) electrons. The molecule has 23 heavy (non-hydrogen) atoms. The molecule has 0 unspecified atom stereocenters. The molecule has 2 rings (SSSR count). The summed E-state index contributed by atoms with van der Waals surface area (Å²) in [6, 6.07) is 8.78. The van der Waals surface area contributed by atoms with Crippen molar-refractivity contribution in [3.8, 4) is 5.75 Å². The van der Waals surface area contributed by atoms with Crippen LogP contribution in [0.25, 0.3) is 0 Å². The number of non-ortho nitro benzene ring substituents is 1. The van der Waals surface area contributed by atoms with E-state index in [2.05, 4.69) is 5.32 Å². The summed E-state index contributed by atoms with van der Waals surface area (Å²) < 4.78 is 43.1. The van der Waals surface area contributed by atoms with Crippen molar-refractivity contribution in [1.82, 2.24) is 0 Å². The molecule has 0 saturated heterocycles. The van der Waals surface area contributed by atoms with Crippen LogP contribution in [0.5, 0.6) is 5.75 Å². The summed E-state index contributed by atoms with van der Waals surface area (Å²) in [4.78, 5) is 10.3. The number of hydrogen-bond acceptors (Lipinski definition) is 4. The van der Waals surface area contributed by atoms with Crippen molar-refractivity contribution in [1.29, 1.82) is 0 Å². The maximum Gasteiger partial charge on any atom is 0.416 e. The van der Waals surface area contributed by atoms with Crippen molar-refractivity contribution < 1.29 is 22.8 Å². The molecule has 2 aromatic rings. The number of ether oxygens (including phenoxy) is 1. The van der Waals surface area contributed by atoms with Gasteiger partial charge in [-0.2, -0.15) is 13.2 Å². The van der Waals surface area contributed by atoms with Gasteiger partial charge in [-0.15, -0.1) is 0 Å². The first-order valence-electron chi connectivity index (χ1n) is 6.53. The van der Waals surface area contributed by atoms with Crippen molar-refractivity contribution in [3.63, 3.8) is 0 Å². The number of nitrogens with one attached hydrogen (secondary N) is 1. The third-order valence-corrected chi connectivity index (χ3v) is 3.15. The van der Waals surface area contributed by atoms with Crippen molar-refractivity contribution in [3.05, 3.63) is 63.7 Å². The zero-order chi connectivity index (χ0) is 17.0. The van der Waals surface area contributed by atoms with Gasteiger partial charge in [-0.05, 0) is 24.3 Å². The minimum absolute atomic E-state index is 0.0894. The van der Waals surface area contributed by atoms with Gasteiger partial charge in [-0.3, -0.25) is 10.1 Å². The van der Waals surface area contributed by atoms with Gasteiger partial charge in [0.1, 0.15) is 5.75 Å². The number of benzene rings is 2. The van der Waals surface area contributed by atoms with E-state index in [9.17, 15) is 23.3 Å². The zero-order valence-corrected chi connectivity index (χ0v) is 12.1. The Morgan fingerprint density at radius 1 is 1.22 bits per heavy atom. The SMILES string of the molecule is COc1ccc([N+](=O)[O-])cc1CNc1cccc(C(F)(F)F)c1. The first-order chi connectivity index (χ1) is 10.8. The Balaban J connectivity index is 2.20. The standard InChI is InChI=1S/C15H13F3N2O3/c1-23-14-6-5-13(20(21)22)7-10(14)9-19-12-4-2-3-11(8-12)15(16,17)18/h2-8,19H,9H2,1H3. The number of anilines is 1. The maximum atomic E-state index is 12.7. The van der Waals surface area contributed by atoms with Gasteiger partial charge in [0.25, 0.3) is 5.69 Å². The lowest BCUT2D eigenvalue weighted by Crippen LogP contribution is -2.07. The number of methoxy groups -OCH3 is 1. The van der Waals surface area contributed by atoms with E-state index in [1.165, 1.54) is 37.4 Å². The number of hydrogen-bond donors (Lipinski definition) is 1. The summed E-state index contributed by atoms with van der Waals surface area (Å²) in [5.74, 6) is 0.412. The summed E-state index contributed by atoms with van der Waals surface area (Å²) in [5.41, 5.74) is -0.160. The van der Waals surface area contributed by atoms with Gasteiger partial charge < -0.3 is 10.1 Å². The molecule has 1 N–H and O–H groups in total. The van der Waals surface area contributed by atoms with Gasteiger partial charge in [-0.25, -0.2) is 0 Å². The van der Waals surface area contributed by atoms with Crippen LogP contribution in [0.1, 0.15) is 11.1 Å². The van der Waals surface area contributed by atoms with Crippen molar-refractivity contribution >= 4 is 11.4 Å². The predicted octanol–water partition coefficient (Wildman–Crippen LogP) is 4.23. The van der Waals surface area contributed by atoms with E-state index in [4.69, 9.17) is 4.74 Å². The third kappa shape index (κ3) is 4.12. The van der Waals surface area contributed by atoms with Gasteiger partial charge in [-0.1, -0.05) is 6.07 Å². The third-order valence-electron chi connectivity index (χ3n) is 3.15. The lowest BCUT2D eigenvalue weighted by Gasteiger charge is -2.12. The fourth-order valence-corrected chi connectivity index (χ4v) is 2.02. The molecule has 122 valence electrons. The molecule has 0 amide bonds. The number of nitro benzene ring substituents is 1. The second-order valence-electron chi connectivity index (χ2n) is 4.69. The molecule has 5 nitrogen and oxygen atoms in total. The summed E-state index contributed by atoms with van der Waals surface area (Å²) >= 11 is 0. The fraction of sp³-hybridized carbons (Fsp3) is 0.200. The first kappa shape index (κ1) is 16.6. The van der Waals surface area contributed by atoms with Gasteiger partial charge in [0, 0.05) is 29.9 Å². The molecule has 2 aromatic carbocycles. The van der Waals surface area contributed by atoms with E-state index in [0.29, 0.717) is 11.3 Å². The molecule has 0 aliphatic rings. The lowest BCUT2D eigenvalue weighted by molar-refractivity contribution is -0.384. The van der Waals surface area contributed by atoms with Gasteiger partial charge in [0.2, 0.25) is 0 Å². The summed E-state index contributed by atoms with van der Waals surface area (Å²) in [6.45, 7) is 0.0894. The van der Waals surface area contributed by atoms with Gasteiger partial charge in [0.15, 0.2) is 0 Å². The van der Waals surface area contributed by atoms with Crippen LogP contribution >= 0.6 is 0 Å². The Bertz CT molecular complexity index is 717. The van der Waals surface area contributed by atoms with Crippen LogP contribution in [0.3, 0.4) is 0 Å². The molecule has 0 aliphatic heterocycles. The van der Waals surface area contributed by atoms with Crippen LogP contribution in [0, 0.1) is 10.1 Å². The monoisotopic (exact) mass is 326 g/mol. The minimum atomic E-state index is -4.43. The molecule has 8 heteroatoms. The van der Waals surface area contributed by atoms with E-state index in [1.807, 2.05) is 0 Å². The lowest BCUT2D eigenvalue weighted by atomic mass is 10.1. The van der Waals surface area contributed by atoms with Crippen molar-refractivity contribution in [2.75, 3.05) is 12.4 Å². The number of nitro groups is 1. The van der Waals surface area contributed by atoms with E-state index in [0.717, 1.165) is 12.1 Å². The second kappa shape index (κ2) is 6.55. The van der Waals surface area contributed by atoms with Crippen LogP contribution in [-0.4, -0.2) is 12.0 Å². The molecule has 0 bridgehead atoms. The van der Waals surface area contributed by atoms with E-state index in [1.54, 1.807) is 0 Å².